The summed E-state index contributed by atoms with van der Waals surface area (Å²) in [5.41, 5.74) is 0.0668. The van der Waals surface area contributed by atoms with Gasteiger partial charge < -0.3 is 10.0 Å². The number of nitrogens with zero attached hydrogens (tertiary/aromatic N) is 3. The summed E-state index contributed by atoms with van der Waals surface area (Å²) in [5.74, 6) is -0.444. The van der Waals surface area contributed by atoms with Crippen LogP contribution in [0.15, 0.2) is 12.3 Å². The first-order valence-electron chi connectivity index (χ1n) is 6.05. The van der Waals surface area contributed by atoms with Gasteiger partial charge in [0.2, 0.25) is 5.95 Å². The zero-order valence-electron chi connectivity index (χ0n) is 9.96. The molecule has 5 nitrogen and oxygen atoms in total. The molecule has 0 amide bonds. The molecule has 0 atom stereocenters. The van der Waals surface area contributed by atoms with Crippen LogP contribution in [0.5, 0.6) is 0 Å². The molecule has 1 aliphatic rings. The fourth-order valence-corrected chi connectivity index (χ4v) is 1.77. The second kappa shape index (κ2) is 5.12. The first-order valence-corrected chi connectivity index (χ1v) is 6.05. The lowest BCUT2D eigenvalue weighted by atomic mass is 10.3. The summed E-state index contributed by atoms with van der Waals surface area (Å²) >= 11 is 0. The molecule has 1 fully saturated rings. The van der Waals surface area contributed by atoms with Gasteiger partial charge in [-0.15, -0.1) is 0 Å². The fraction of sp³-hybridized carbons (Fsp3) is 0.583. The van der Waals surface area contributed by atoms with E-state index in [0.29, 0.717) is 12.0 Å². The lowest BCUT2D eigenvalue weighted by Gasteiger charge is -2.21. The Balaban J connectivity index is 2.16. The number of hydrogen-bond donors (Lipinski definition) is 1. The van der Waals surface area contributed by atoms with Gasteiger partial charge in [-0.3, -0.25) is 0 Å². The molecular weight excluding hydrogens is 218 g/mol. The lowest BCUT2D eigenvalue weighted by Crippen LogP contribution is -2.29. The summed E-state index contributed by atoms with van der Waals surface area (Å²) in [7, 11) is 0. The Bertz CT molecular complexity index is 404. The van der Waals surface area contributed by atoms with E-state index >= 15 is 0 Å². The van der Waals surface area contributed by atoms with Crippen molar-refractivity contribution in [3.63, 3.8) is 0 Å². The van der Waals surface area contributed by atoms with Crippen LogP contribution in [0.4, 0.5) is 5.95 Å². The molecule has 1 aromatic heterocycles. The van der Waals surface area contributed by atoms with E-state index in [1.165, 1.54) is 12.3 Å². The van der Waals surface area contributed by atoms with Crippen molar-refractivity contribution < 1.29 is 9.90 Å². The predicted octanol–water partition coefficient (Wildman–Crippen LogP) is 1.94. The first-order chi connectivity index (χ1) is 8.22. The molecule has 0 aliphatic heterocycles. The number of carbonyl (C=O) groups is 1. The van der Waals surface area contributed by atoms with Crippen molar-refractivity contribution in [3.8, 4) is 0 Å². The summed E-state index contributed by atoms with van der Waals surface area (Å²) in [5, 5.41) is 8.91. The number of rotatable bonds is 6. The Morgan fingerprint density at radius 3 is 2.94 bits per heavy atom. The minimum atomic E-state index is -1.00. The Kier molecular flexibility index (Phi) is 3.56. The fourth-order valence-electron chi connectivity index (χ4n) is 1.77. The smallest absolute Gasteiger partial charge is 0.354 e. The van der Waals surface area contributed by atoms with E-state index in [0.717, 1.165) is 32.2 Å². The van der Waals surface area contributed by atoms with Crippen LogP contribution in [0.3, 0.4) is 0 Å². The SMILES string of the molecule is CCCCN(c1nccc(C(=O)O)n1)C1CC1. The molecule has 92 valence electrons. The zero-order valence-corrected chi connectivity index (χ0v) is 9.96. The molecule has 17 heavy (non-hydrogen) atoms. The van der Waals surface area contributed by atoms with Crippen LogP contribution < -0.4 is 4.90 Å². The van der Waals surface area contributed by atoms with Gasteiger partial charge >= 0.3 is 5.97 Å². The number of anilines is 1. The highest BCUT2D eigenvalue weighted by Crippen LogP contribution is 2.29. The predicted molar refractivity (Wildman–Crippen MR) is 64.3 cm³/mol. The number of aromatic carboxylic acids is 1. The average Bonchev–Trinajstić information content (AvgIpc) is 3.14. The Morgan fingerprint density at radius 1 is 1.59 bits per heavy atom. The van der Waals surface area contributed by atoms with E-state index in [4.69, 9.17) is 5.11 Å². The van der Waals surface area contributed by atoms with Crippen LogP contribution in [0.2, 0.25) is 0 Å². The Hall–Kier alpha value is -1.65. The normalized spacial score (nSPS) is 14.6. The second-order valence-corrected chi connectivity index (χ2v) is 4.33. The van der Waals surface area contributed by atoms with Gasteiger partial charge in [-0.2, -0.15) is 0 Å². The minimum absolute atomic E-state index is 0.0668. The molecule has 0 spiro atoms. The van der Waals surface area contributed by atoms with Crippen molar-refractivity contribution in [3.05, 3.63) is 18.0 Å². The van der Waals surface area contributed by atoms with Gasteiger partial charge in [-0.1, -0.05) is 13.3 Å². The van der Waals surface area contributed by atoms with Crippen molar-refractivity contribution in [2.75, 3.05) is 11.4 Å². The number of hydrogen-bond acceptors (Lipinski definition) is 4. The first kappa shape index (κ1) is 11.8. The van der Waals surface area contributed by atoms with Gasteiger partial charge in [0, 0.05) is 18.8 Å². The van der Waals surface area contributed by atoms with Crippen LogP contribution in [0.1, 0.15) is 43.1 Å². The van der Waals surface area contributed by atoms with Gasteiger partial charge in [-0.25, -0.2) is 14.8 Å². The van der Waals surface area contributed by atoms with Crippen LogP contribution in [-0.2, 0) is 0 Å². The molecule has 1 aliphatic carbocycles. The van der Waals surface area contributed by atoms with Crippen molar-refractivity contribution in [1.29, 1.82) is 0 Å². The minimum Gasteiger partial charge on any atom is -0.477 e. The maximum absolute atomic E-state index is 10.9. The summed E-state index contributed by atoms with van der Waals surface area (Å²) in [6, 6.07) is 1.93. The monoisotopic (exact) mass is 235 g/mol. The molecule has 5 heteroatoms. The Morgan fingerprint density at radius 2 is 2.35 bits per heavy atom. The standard InChI is InChI=1S/C12H17N3O2/c1-2-3-8-15(9-4-5-9)12-13-7-6-10(14-12)11(16)17/h6-7,9H,2-5,8H2,1H3,(H,16,17). The highest BCUT2D eigenvalue weighted by atomic mass is 16.4. The van der Waals surface area contributed by atoms with Crippen LogP contribution in [-0.4, -0.2) is 33.6 Å². The lowest BCUT2D eigenvalue weighted by molar-refractivity contribution is 0.0690. The molecule has 1 N–H and O–H groups in total. The van der Waals surface area contributed by atoms with Gasteiger partial charge in [0.15, 0.2) is 5.69 Å². The van der Waals surface area contributed by atoms with Crippen molar-refractivity contribution in [2.45, 2.75) is 38.6 Å². The molecular formula is C12H17N3O2. The molecule has 0 bridgehead atoms. The topological polar surface area (TPSA) is 66.3 Å². The zero-order chi connectivity index (χ0) is 12.3. The van der Waals surface area contributed by atoms with Crippen LogP contribution >= 0.6 is 0 Å². The van der Waals surface area contributed by atoms with E-state index in [1.807, 2.05) is 0 Å². The largest absolute Gasteiger partial charge is 0.477 e. The van der Waals surface area contributed by atoms with Crippen LogP contribution in [0, 0.1) is 0 Å². The highest BCUT2D eigenvalue weighted by Gasteiger charge is 2.30. The van der Waals surface area contributed by atoms with Gasteiger partial charge in [0.1, 0.15) is 0 Å². The number of unbranched alkanes of at least 4 members (excludes halogenated alkanes) is 1. The van der Waals surface area contributed by atoms with Gasteiger partial charge in [0.05, 0.1) is 0 Å². The number of carboxylic acids is 1. The third kappa shape index (κ3) is 2.93. The number of aromatic nitrogens is 2. The van der Waals surface area contributed by atoms with E-state index in [2.05, 4.69) is 21.8 Å². The van der Waals surface area contributed by atoms with E-state index in [1.54, 1.807) is 0 Å². The van der Waals surface area contributed by atoms with Crippen LogP contribution in [0.25, 0.3) is 0 Å². The third-order valence-corrected chi connectivity index (χ3v) is 2.86. The molecule has 0 aromatic carbocycles. The van der Waals surface area contributed by atoms with E-state index < -0.39 is 5.97 Å². The molecule has 1 saturated carbocycles. The van der Waals surface area contributed by atoms with Crippen molar-refractivity contribution in [2.24, 2.45) is 0 Å². The van der Waals surface area contributed by atoms with Gasteiger partial charge in [0.25, 0.3) is 0 Å². The quantitative estimate of drug-likeness (QED) is 0.816. The molecule has 0 unspecified atom stereocenters. The van der Waals surface area contributed by atoms with Crippen molar-refractivity contribution >= 4 is 11.9 Å². The molecule has 0 radical (unpaired) electrons. The maximum Gasteiger partial charge on any atom is 0.354 e. The molecule has 2 rings (SSSR count). The molecule has 1 heterocycles. The highest BCUT2D eigenvalue weighted by molar-refractivity contribution is 5.85. The summed E-state index contributed by atoms with van der Waals surface area (Å²) in [6.07, 6.45) is 6.03. The number of carboxylic acid groups (broad SMARTS) is 1. The van der Waals surface area contributed by atoms with Gasteiger partial charge in [-0.05, 0) is 25.3 Å². The molecule has 0 saturated heterocycles. The van der Waals surface area contributed by atoms with Crippen molar-refractivity contribution in [1.82, 2.24) is 9.97 Å². The molecule has 1 aromatic rings. The summed E-state index contributed by atoms with van der Waals surface area (Å²) in [6.45, 7) is 3.05. The summed E-state index contributed by atoms with van der Waals surface area (Å²) < 4.78 is 0. The maximum atomic E-state index is 10.9. The second-order valence-electron chi connectivity index (χ2n) is 4.33. The van der Waals surface area contributed by atoms with E-state index in [9.17, 15) is 4.79 Å². The average molecular weight is 235 g/mol. The van der Waals surface area contributed by atoms with E-state index in [-0.39, 0.29) is 5.69 Å². The third-order valence-electron chi connectivity index (χ3n) is 2.86. The Labute approximate surface area is 100 Å². The summed E-state index contributed by atoms with van der Waals surface area (Å²) in [4.78, 5) is 21.3.